The Kier molecular flexibility index (Phi) is 10.3. The fourth-order valence-corrected chi connectivity index (χ4v) is 5.64. The number of nitrogens with zero attached hydrogens (tertiary/aromatic N) is 5. The number of likely N-dealkylation sites (N-methyl/N-ethyl adjacent to an activating group) is 1. The molecule has 1 N–H and O–H groups in total. The van der Waals surface area contributed by atoms with E-state index in [9.17, 15) is 9.59 Å². The minimum Gasteiger partial charge on any atom is -0.493 e. The second-order valence-electron chi connectivity index (χ2n) is 11.3. The van der Waals surface area contributed by atoms with Gasteiger partial charge in [0.15, 0.2) is 28.8 Å². The number of amides is 1. The van der Waals surface area contributed by atoms with Crippen LogP contribution >= 0.6 is 15.9 Å². The van der Waals surface area contributed by atoms with E-state index in [4.69, 9.17) is 14.2 Å². The number of pyridine rings is 1. The highest BCUT2D eigenvalue weighted by atomic mass is 79.9. The largest absolute Gasteiger partial charge is 0.493 e. The lowest BCUT2D eigenvalue weighted by Gasteiger charge is -2.32. The van der Waals surface area contributed by atoms with Crippen molar-refractivity contribution in [3.05, 3.63) is 106 Å². The Balaban J connectivity index is 1.13. The molecule has 0 spiro atoms. The molecule has 248 valence electrons. The number of ether oxygens (including phenoxy) is 3. The number of aromatic nitrogens is 3. The van der Waals surface area contributed by atoms with E-state index >= 15 is 4.39 Å². The number of carbonyl (C=O) groups is 1. The monoisotopic (exact) mass is 716 g/mol. The van der Waals surface area contributed by atoms with Gasteiger partial charge in [-0.1, -0.05) is 15.9 Å². The van der Waals surface area contributed by atoms with Gasteiger partial charge in [0.25, 0.3) is 11.5 Å². The smallest absolute Gasteiger partial charge is 0.286 e. The number of anilines is 1. The van der Waals surface area contributed by atoms with Gasteiger partial charge < -0.3 is 29.3 Å². The number of piperazine rings is 1. The van der Waals surface area contributed by atoms with Gasteiger partial charge in [0.05, 0.1) is 19.2 Å². The number of hydrogen-bond donors (Lipinski definition) is 1. The average molecular weight is 718 g/mol. The highest BCUT2D eigenvalue weighted by molar-refractivity contribution is 9.10. The zero-order chi connectivity index (χ0) is 33.6. The summed E-state index contributed by atoms with van der Waals surface area (Å²) >= 11 is 3.36. The minimum absolute atomic E-state index is 0.0703. The fraction of sp³-hybridized carbons (Fsp3) is 0.257. The third-order valence-electron chi connectivity index (χ3n) is 8.03. The first-order valence-electron chi connectivity index (χ1n) is 15.4. The molecule has 6 rings (SSSR count). The Hall–Kier alpha value is -4.85. The average Bonchev–Trinajstić information content (AvgIpc) is 3.09. The molecule has 13 heteroatoms. The van der Waals surface area contributed by atoms with Crippen LogP contribution in [0.25, 0.3) is 16.6 Å². The summed E-state index contributed by atoms with van der Waals surface area (Å²) in [6.07, 6.45) is 5.27. The lowest BCUT2D eigenvalue weighted by molar-refractivity contribution is 0.102. The third kappa shape index (κ3) is 7.64. The molecule has 0 aliphatic carbocycles. The molecular weight excluding hydrogens is 683 g/mol. The van der Waals surface area contributed by atoms with Crippen LogP contribution in [0.2, 0.25) is 0 Å². The van der Waals surface area contributed by atoms with Crippen LogP contribution in [-0.2, 0) is 0 Å². The Morgan fingerprint density at radius 1 is 0.938 bits per heavy atom. The molecule has 3 heterocycles. The van der Waals surface area contributed by atoms with Crippen molar-refractivity contribution < 1.29 is 23.4 Å². The van der Waals surface area contributed by atoms with Crippen LogP contribution in [0.4, 0.5) is 10.1 Å². The number of hydrogen-bond acceptors (Lipinski definition) is 9. The zero-order valence-electron chi connectivity index (χ0n) is 26.5. The molecule has 1 aliphatic rings. The summed E-state index contributed by atoms with van der Waals surface area (Å²) in [4.78, 5) is 39.2. The van der Waals surface area contributed by atoms with E-state index in [-0.39, 0.29) is 17.1 Å². The summed E-state index contributed by atoms with van der Waals surface area (Å²) in [6, 6.07) is 16.2. The molecule has 3 aromatic carbocycles. The second kappa shape index (κ2) is 14.9. The maximum absolute atomic E-state index is 15.3. The van der Waals surface area contributed by atoms with E-state index < -0.39 is 17.3 Å². The van der Waals surface area contributed by atoms with E-state index in [0.717, 1.165) is 49.7 Å². The topological polar surface area (TPSA) is 111 Å². The molecule has 5 aromatic rings. The lowest BCUT2D eigenvalue weighted by atomic mass is 10.1. The Labute approximate surface area is 285 Å². The van der Waals surface area contributed by atoms with Gasteiger partial charge in [0.1, 0.15) is 5.75 Å². The first-order chi connectivity index (χ1) is 23.3. The van der Waals surface area contributed by atoms with Gasteiger partial charge in [-0.3, -0.25) is 19.1 Å². The molecule has 1 saturated heterocycles. The molecule has 0 unspecified atom stereocenters. The van der Waals surface area contributed by atoms with Gasteiger partial charge >= 0.3 is 0 Å². The molecular formula is C35H34BrFN6O5. The van der Waals surface area contributed by atoms with Crippen molar-refractivity contribution in [2.24, 2.45) is 0 Å². The molecule has 2 aromatic heterocycles. The number of rotatable bonds is 11. The van der Waals surface area contributed by atoms with Crippen LogP contribution < -0.4 is 25.1 Å². The molecule has 48 heavy (non-hydrogen) atoms. The zero-order valence-corrected chi connectivity index (χ0v) is 28.1. The Morgan fingerprint density at radius 2 is 1.73 bits per heavy atom. The van der Waals surface area contributed by atoms with Crippen molar-refractivity contribution in [3.8, 4) is 28.7 Å². The van der Waals surface area contributed by atoms with Crippen molar-refractivity contribution in [2.75, 3.05) is 58.8 Å². The van der Waals surface area contributed by atoms with Gasteiger partial charge in [-0.2, -0.15) is 0 Å². The standard InChI is InChI=1S/C35H34BrFN6O5/c1-41-15-17-42(18-16-41)13-3-19-47-32-22-28-26(21-31(32)46-2)29(10-11-38-28)48-30-9-6-24(20-27(30)37)40-34(44)33-35(45)43(14-12-39-33)25-7-4-23(36)5-8-25/h4-12,14,20-22H,3,13,15-19H2,1-2H3,(H,40,44). The number of fused-ring (bicyclic) bond motifs is 1. The number of methoxy groups -OCH3 is 1. The lowest BCUT2D eigenvalue weighted by Crippen LogP contribution is -2.44. The first kappa shape index (κ1) is 33.1. The normalized spacial score (nSPS) is 13.8. The van der Waals surface area contributed by atoms with Crippen LogP contribution in [0.15, 0.2) is 88.5 Å². The van der Waals surface area contributed by atoms with E-state index in [0.29, 0.717) is 40.4 Å². The van der Waals surface area contributed by atoms with Crippen molar-refractivity contribution in [3.63, 3.8) is 0 Å². The fourth-order valence-electron chi connectivity index (χ4n) is 5.37. The molecule has 11 nitrogen and oxygen atoms in total. The minimum atomic E-state index is -0.774. The van der Waals surface area contributed by atoms with Crippen LogP contribution in [-0.4, -0.2) is 83.7 Å². The number of carbonyl (C=O) groups excluding carboxylic acids is 1. The van der Waals surface area contributed by atoms with Crippen LogP contribution in [0.5, 0.6) is 23.0 Å². The quantitative estimate of drug-likeness (QED) is 0.171. The summed E-state index contributed by atoms with van der Waals surface area (Å²) < 4.78 is 35.1. The molecule has 0 atom stereocenters. The van der Waals surface area contributed by atoms with E-state index in [1.54, 1.807) is 55.8 Å². The summed E-state index contributed by atoms with van der Waals surface area (Å²) in [5.74, 6) is -0.137. The van der Waals surface area contributed by atoms with Gasteiger partial charge in [-0.05, 0) is 62.0 Å². The molecule has 0 saturated carbocycles. The van der Waals surface area contributed by atoms with Gasteiger partial charge in [-0.25, -0.2) is 9.37 Å². The summed E-state index contributed by atoms with van der Waals surface area (Å²) in [6.45, 7) is 5.75. The van der Waals surface area contributed by atoms with Gasteiger partial charge in [0, 0.05) is 84.7 Å². The van der Waals surface area contributed by atoms with Crippen molar-refractivity contribution >= 4 is 38.4 Å². The number of nitrogens with one attached hydrogen (secondary N) is 1. The summed E-state index contributed by atoms with van der Waals surface area (Å²) in [5.41, 5.74) is 0.333. The maximum atomic E-state index is 15.3. The van der Waals surface area contributed by atoms with E-state index in [2.05, 4.69) is 48.1 Å². The molecule has 0 bridgehead atoms. The number of benzene rings is 3. The highest BCUT2D eigenvalue weighted by Gasteiger charge is 2.18. The SMILES string of the molecule is COc1cc2c(Oc3ccc(NC(=O)c4nccn(-c5ccc(Br)cc5)c4=O)cc3F)ccnc2cc1OCCCN1CCN(C)CC1. The van der Waals surface area contributed by atoms with Crippen molar-refractivity contribution in [1.82, 2.24) is 24.3 Å². The second-order valence-corrected chi connectivity index (χ2v) is 12.2. The maximum Gasteiger partial charge on any atom is 0.286 e. The Morgan fingerprint density at radius 3 is 2.48 bits per heavy atom. The predicted octanol–water partition coefficient (Wildman–Crippen LogP) is 5.75. The third-order valence-corrected chi connectivity index (χ3v) is 8.56. The molecule has 1 fully saturated rings. The molecule has 1 aliphatic heterocycles. The molecule has 0 radical (unpaired) electrons. The number of halogens is 2. The summed E-state index contributed by atoms with van der Waals surface area (Å²) in [7, 11) is 3.70. The summed E-state index contributed by atoms with van der Waals surface area (Å²) in [5, 5.41) is 3.15. The van der Waals surface area contributed by atoms with Crippen LogP contribution in [0.3, 0.4) is 0 Å². The Bertz CT molecular complexity index is 1980. The van der Waals surface area contributed by atoms with Crippen molar-refractivity contribution in [1.29, 1.82) is 0 Å². The van der Waals surface area contributed by atoms with Crippen LogP contribution in [0, 0.1) is 5.82 Å². The van der Waals surface area contributed by atoms with Crippen LogP contribution in [0.1, 0.15) is 16.9 Å². The van der Waals surface area contributed by atoms with Gasteiger partial charge in [0.2, 0.25) is 0 Å². The molecule has 1 amide bonds. The van der Waals surface area contributed by atoms with E-state index in [1.165, 1.54) is 29.1 Å². The predicted molar refractivity (Wildman–Crippen MR) is 184 cm³/mol. The highest BCUT2D eigenvalue weighted by Crippen LogP contribution is 2.38. The van der Waals surface area contributed by atoms with Crippen molar-refractivity contribution in [2.45, 2.75) is 6.42 Å². The van der Waals surface area contributed by atoms with Gasteiger partial charge in [-0.15, -0.1) is 0 Å². The first-order valence-corrected chi connectivity index (χ1v) is 16.2. The van der Waals surface area contributed by atoms with E-state index in [1.807, 2.05) is 0 Å².